The maximum atomic E-state index is 12.5. The van der Waals surface area contributed by atoms with E-state index in [0.717, 1.165) is 16.2 Å². The highest BCUT2D eigenvalue weighted by Crippen LogP contribution is 2.40. The van der Waals surface area contributed by atoms with Gasteiger partial charge < -0.3 is 15.2 Å². The molecular weight excluding hydrogens is 460 g/mol. The smallest absolute Gasteiger partial charge is 0.352 e. The van der Waals surface area contributed by atoms with E-state index in [2.05, 4.69) is 5.32 Å². The van der Waals surface area contributed by atoms with Crippen molar-refractivity contribution in [2.45, 2.75) is 29.0 Å². The van der Waals surface area contributed by atoms with E-state index < -0.39 is 45.3 Å². The normalized spacial score (nSPS) is 21.0. The Bertz CT molecular complexity index is 1060. The minimum Gasteiger partial charge on any atom is -0.477 e. The predicted molar refractivity (Wildman–Crippen MR) is 104 cm³/mol. The lowest BCUT2D eigenvalue weighted by Gasteiger charge is -2.49. The number of carboxylic acids is 1. The zero-order valence-electron chi connectivity index (χ0n) is 15.4. The van der Waals surface area contributed by atoms with Crippen molar-refractivity contribution in [3.05, 3.63) is 28.3 Å². The molecule has 1 aromatic heterocycles. The SMILES string of the molecule is CC(=O)OCC1=C(C(=O)O)N2C(=O)[C@@H](NC(=O)Cc3ccsc3S(=O)(=O)O)[C@H]2SC1. The second kappa shape index (κ2) is 8.37. The molecule has 2 aliphatic rings. The van der Waals surface area contributed by atoms with E-state index in [-0.39, 0.29) is 39.8 Å². The summed E-state index contributed by atoms with van der Waals surface area (Å²) in [5.74, 6) is -3.04. The van der Waals surface area contributed by atoms with Gasteiger partial charge in [-0.05, 0) is 17.0 Å². The summed E-state index contributed by atoms with van der Waals surface area (Å²) in [5, 5.41) is 12.7. The molecule has 2 amide bonds. The lowest BCUT2D eigenvalue weighted by atomic mass is 10.0. The number of fused-ring (bicyclic) bond motifs is 1. The number of hydrogen-bond acceptors (Lipinski definition) is 9. The summed E-state index contributed by atoms with van der Waals surface area (Å²) in [7, 11) is -4.47. The minimum atomic E-state index is -4.47. The van der Waals surface area contributed by atoms with E-state index in [1.165, 1.54) is 30.1 Å². The summed E-state index contributed by atoms with van der Waals surface area (Å²) in [6, 6.07) is 0.393. The van der Waals surface area contributed by atoms with Gasteiger partial charge in [0.15, 0.2) is 4.21 Å². The molecule has 2 aliphatic heterocycles. The number of β-lactam (4-membered cyclic amide) rings is 1. The van der Waals surface area contributed by atoms with Crippen molar-refractivity contribution < 1.29 is 42.0 Å². The van der Waals surface area contributed by atoms with Gasteiger partial charge in [-0.25, -0.2) is 4.79 Å². The summed E-state index contributed by atoms with van der Waals surface area (Å²) < 4.78 is 36.3. The van der Waals surface area contributed by atoms with Gasteiger partial charge in [0, 0.05) is 18.2 Å². The average molecular weight is 477 g/mol. The van der Waals surface area contributed by atoms with Crippen LogP contribution in [0.4, 0.5) is 0 Å². The number of carbonyl (C=O) groups excluding carboxylic acids is 3. The maximum Gasteiger partial charge on any atom is 0.352 e. The highest BCUT2D eigenvalue weighted by Gasteiger charge is 2.54. The van der Waals surface area contributed by atoms with Crippen LogP contribution in [0.1, 0.15) is 12.5 Å². The van der Waals surface area contributed by atoms with Gasteiger partial charge in [0.25, 0.3) is 5.91 Å². The van der Waals surface area contributed by atoms with Gasteiger partial charge in [0.2, 0.25) is 5.91 Å². The fourth-order valence-electron chi connectivity index (χ4n) is 3.06. The second-order valence-corrected chi connectivity index (χ2v) is 10.0. The second-order valence-electron chi connectivity index (χ2n) is 6.38. The molecule has 1 saturated heterocycles. The van der Waals surface area contributed by atoms with Crippen LogP contribution in [0, 0.1) is 0 Å². The quantitative estimate of drug-likeness (QED) is 0.273. The Balaban J connectivity index is 1.71. The highest BCUT2D eigenvalue weighted by atomic mass is 32.3. The topological polar surface area (TPSA) is 167 Å². The third-order valence-corrected chi connectivity index (χ3v) is 8.05. The van der Waals surface area contributed by atoms with E-state index >= 15 is 0 Å². The summed E-state index contributed by atoms with van der Waals surface area (Å²) in [4.78, 5) is 48.5. The van der Waals surface area contributed by atoms with Crippen LogP contribution in [-0.4, -0.2) is 70.5 Å². The van der Waals surface area contributed by atoms with E-state index in [1.807, 2.05) is 0 Å². The number of aliphatic carboxylic acids is 1. The van der Waals surface area contributed by atoms with Crippen LogP contribution in [0.5, 0.6) is 0 Å². The van der Waals surface area contributed by atoms with Crippen LogP contribution >= 0.6 is 23.1 Å². The first-order valence-corrected chi connectivity index (χ1v) is 11.7. The molecule has 30 heavy (non-hydrogen) atoms. The molecular formula is C16H16N2O9S3. The van der Waals surface area contributed by atoms with Crippen LogP contribution in [0.15, 0.2) is 26.9 Å². The third-order valence-electron chi connectivity index (χ3n) is 4.31. The van der Waals surface area contributed by atoms with Crippen LogP contribution in [0.25, 0.3) is 0 Å². The minimum absolute atomic E-state index is 0.0923. The number of carbonyl (C=O) groups is 4. The molecule has 0 spiro atoms. The van der Waals surface area contributed by atoms with E-state index in [4.69, 9.17) is 4.74 Å². The van der Waals surface area contributed by atoms with Crippen molar-refractivity contribution in [3.63, 3.8) is 0 Å². The van der Waals surface area contributed by atoms with Crippen molar-refractivity contribution in [2.24, 2.45) is 0 Å². The Morgan fingerprint density at radius 3 is 2.67 bits per heavy atom. The molecule has 14 heteroatoms. The summed E-state index contributed by atoms with van der Waals surface area (Å²) in [5.41, 5.74) is 0.0878. The number of thiophene rings is 1. The molecule has 0 aromatic carbocycles. The number of carboxylic acid groups (broad SMARTS) is 1. The van der Waals surface area contributed by atoms with E-state index in [9.17, 15) is 37.3 Å². The molecule has 1 aromatic rings. The van der Waals surface area contributed by atoms with Gasteiger partial charge in [-0.3, -0.25) is 23.8 Å². The standard InChI is InChI=1S/C16H16N2O9S3/c1-7(19)27-5-9-6-29-14-11(13(21)18(14)12(9)15(22)23)17-10(20)4-8-2-3-28-16(8)30(24,25)26/h2-3,11,14H,4-6H2,1H3,(H,17,20)(H,22,23)(H,24,25,26)/t11-,14-/m1/s1. The number of hydrogen-bond donors (Lipinski definition) is 3. The first-order chi connectivity index (χ1) is 14.0. The zero-order chi connectivity index (χ0) is 22.2. The van der Waals surface area contributed by atoms with E-state index in [1.54, 1.807) is 0 Å². The van der Waals surface area contributed by atoms with Crippen LogP contribution in [0.2, 0.25) is 0 Å². The molecule has 11 nitrogen and oxygen atoms in total. The first kappa shape index (κ1) is 22.3. The Morgan fingerprint density at radius 2 is 2.07 bits per heavy atom. The monoisotopic (exact) mass is 476 g/mol. The van der Waals surface area contributed by atoms with Crippen LogP contribution < -0.4 is 5.32 Å². The number of esters is 1. The summed E-state index contributed by atoms with van der Waals surface area (Å²) in [6.45, 7) is 0.926. The molecule has 162 valence electrons. The Labute approximate surface area is 178 Å². The molecule has 0 radical (unpaired) electrons. The number of ether oxygens (including phenoxy) is 1. The van der Waals surface area contributed by atoms with Crippen LogP contribution in [0.3, 0.4) is 0 Å². The van der Waals surface area contributed by atoms with Crippen molar-refractivity contribution in [1.29, 1.82) is 0 Å². The van der Waals surface area contributed by atoms with Crippen molar-refractivity contribution >= 4 is 57.0 Å². The Kier molecular flexibility index (Phi) is 6.21. The maximum absolute atomic E-state index is 12.5. The molecule has 0 bridgehead atoms. The molecule has 0 aliphatic carbocycles. The summed E-state index contributed by atoms with van der Waals surface area (Å²) in [6.07, 6.45) is -0.376. The van der Waals surface area contributed by atoms with Gasteiger partial charge in [0.05, 0.1) is 6.42 Å². The van der Waals surface area contributed by atoms with Gasteiger partial charge >= 0.3 is 22.1 Å². The predicted octanol–water partition coefficient (Wildman–Crippen LogP) is -0.161. The number of amides is 2. The van der Waals surface area contributed by atoms with Crippen molar-refractivity contribution in [2.75, 3.05) is 12.4 Å². The van der Waals surface area contributed by atoms with Gasteiger partial charge in [-0.1, -0.05) is 0 Å². The fraction of sp³-hybridized carbons (Fsp3) is 0.375. The largest absolute Gasteiger partial charge is 0.477 e. The lowest BCUT2D eigenvalue weighted by molar-refractivity contribution is -0.151. The van der Waals surface area contributed by atoms with Crippen molar-refractivity contribution in [3.8, 4) is 0 Å². The highest BCUT2D eigenvalue weighted by molar-refractivity contribution is 8.00. The zero-order valence-corrected chi connectivity index (χ0v) is 17.8. The number of nitrogens with zero attached hydrogens (tertiary/aromatic N) is 1. The molecule has 3 N–H and O–H groups in total. The first-order valence-electron chi connectivity index (χ1n) is 8.37. The average Bonchev–Trinajstić information content (AvgIpc) is 3.11. The van der Waals surface area contributed by atoms with Gasteiger partial charge in [0.1, 0.15) is 23.7 Å². The fourth-order valence-corrected chi connectivity index (χ4v) is 6.16. The Morgan fingerprint density at radius 1 is 1.37 bits per heavy atom. The van der Waals surface area contributed by atoms with Crippen LogP contribution in [-0.2, 0) is 40.5 Å². The lowest BCUT2D eigenvalue weighted by Crippen LogP contribution is -2.70. The molecule has 0 unspecified atom stereocenters. The molecule has 2 atom stereocenters. The molecule has 3 heterocycles. The van der Waals surface area contributed by atoms with E-state index in [0.29, 0.717) is 0 Å². The van der Waals surface area contributed by atoms with Gasteiger partial charge in [-0.15, -0.1) is 23.1 Å². The number of rotatable bonds is 7. The Hall–Kier alpha value is -2.42. The van der Waals surface area contributed by atoms with Gasteiger partial charge in [-0.2, -0.15) is 8.42 Å². The molecule has 1 fully saturated rings. The molecule has 3 rings (SSSR count). The number of nitrogens with one attached hydrogen (secondary N) is 1. The number of thioether (sulfide) groups is 1. The van der Waals surface area contributed by atoms with Crippen molar-refractivity contribution in [1.82, 2.24) is 10.2 Å². The third kappa shape index (κ3) is 4.35. The summed E-state index contributed by atoms with van der Waals surface area (Å²) >= 11 is 1.97. The molecule has 0 saturated carbocycles.